The predicted molar refractivity (Wildman–Crippen MR) is 154 cm³/mol. The molecule has 2 heterocycles. The van der Waals surface area contributed by atoms with E-state index in [4.69, 9.17) is 28.3 Å². The summed E-state index contributed by atoms with van der Waals surface area (Å²) in [5, 5.41) is 11.2. The summed E-state index contributed by atoms with van der Waals surface area (Å²) in [5.41, 5.74) is 7.20. The zero-order valence-corrected chi connectivity index (χ0v) is 22.4. The maximum Gasteiger partial charge on any atom is 0.0932 e. The van der Waals surface area contributed by atoms with Crippen molar-refractivity contribution in [3.05, 3.63) is 117 Å². The lowest BCUT2D eigenvalue weighted by Crippen LogP contribution is -2.17. The van der Waals surface area contributed by atoms with Gasteiger partial charge < -0.3 is 5.32 Å². The minimum atomic E-state index is 0.0579. The second-order valence-corrected chi connectivity index (χ2v) is 10.5. The van der Waals surface area contributed by atoms with Gasteiger partial charge in [-0.3, -0.25) is 5.01 Å². The summed E-state index contributed by atoms with van der Waals surface area (Å²) in [7, 11) is 1.94. The van der Waals surface area contributed by atoms with Gasteiger partial charge in [-0.05, 0) is 42.3 Å². The summed E-state index contributed by atoms with van der Waals surface area (Å²) in [6, 6.07) is 20.3. The summed E-state index contributed by atoms with van der Waals surface area (Å²) in [6.45, 7) is 10.7. The summed E-state index contributed by atoms with van der Waals surface area (Å²) in [4.78, 5) is 1.18. The minimum absolute atomic E-state index is 0.0579. The molecule has 0 bridgehead atoms. The van der Waals surface area contributed by atoms with E-state index in [-0.39, 0.29) is 6.04 Å². The Morgan fingerprint density at radius 2 is 1.89 bits per heavy atom. The highest BCUT2D eigenvalue weighted by Crippen LogP contribution is 2.42. The molecule has 6 heteroatoms. The van der Waals surface area contributed by atoms with Crippen LogP contribution in [0.4, 0.5) is 5.69 Å². The van der Waals surface area contributed by atoms with Crippen molar-refractivity contribution in [2.75, 3.05) is 12.4 Å². The van der Waals surface area contributed by atoms with Crippen molar-refractivity contribution in [2.24, 2.45) is 5.10 Å². The van der Waals surface area contributed by atoms with E-state index in [0.717, 1.165) is 63.0 Å². The molecule has 0 saturated heterocycles. The molecular weight excluding hydrogens is 493 g/mol. The van der Waals surface area contributed by atoms with Gasteiger partial charge in [0.25, 0.3) is 0 Å². The molecule has 3 nitrogen and oxygen atoms in total. The van der Waals surface area contributed by atoms with Crippen LogP contribution in [0.25, 0.3) is 5.57 Å². The molecule has 1 unspecified atom stereocenters. The monoisotopic (exact) mass is 521 g/mol. The molecule has 1 aromatic heterocycles. The molecule has 1 atom stereocenters. The van der Waals surface area contributed by atoms with Crippen LogP contribution >= 0.6 is 34.5 Å². The third-order valence-electron chi connectivity index (χ3n) is 6.08. The molecular formula is C29H29Cl2N3S. The van der Waals surface area contributed by atoms with Crippen molar-refractivity contribution >= 4 is 51.5 Å². The van der Waals surface area contributed by atoms with Crippen molar-refractivity contribution in [1.82, 2.24) is 5.01 Å². The number of halogens is 2. The molecule has 180 valence electrons. The third-order valence-corrected chi connectivity index (χ3v) is 7.66. The first-order valence-electron chi connectivity index (χ1n) is 11.7. The smallest absolute Gasteiger partial charge is 0.0932 e. The number of benzene rings is 2. The van der Waals surface area contributed by atoms with Gasteiger partial charge in [0.05, 0.1) is 16.1 Å². The topological polar surface area (TPSA) is 27.6 Å². The van der Waals surface area contributed by atoms with E-state index in [2.05, 4.69) is 54.7 Å². The zero-order valence-electron chi connectivity index (χ0n) is 20.0. The average Bonchev–Trinajstić information content (AvgIpc) is 3.50. The van der Waals surface area contributed by atoms with Crippen molar-refractivity contribution < 1.29 is 0 Å². The number of hydrogen-bond acceptors (Lipinski definition) is 4. The molecule has 0 radical (unpaired) electrons. The molecule has 0 fully saturated rings. The Balaban J connectivity index is 1.91. The number of para-hydroxylation sites is 1. The summed E-state index contributed by atoms with van der Waals surface area (Å²) >= 11 is 14.1. The fraction of sp³-hybridized carbons (Fsp3) is 0.207. The number of hydrogen-bond donors (Lipinski definition) is 1. The van der Waals surface area contributed by atoms with E-state index in [1.165, 1.54) is 4.88 Å². The molecule has 1 N–H and O–H groups in total. The zero-order chi connectivity index (χ0) is 24.9. The fourth-order valence-corrected chi connectivity index (χ4v) is 5.73. The lowest BCUT2D eigenvalue weighted by molar-refractivity contribution is 0.293. The molecule has 0 amide bonds. The van der Waals surface area contributed by atoms with Crippen LogP contribution in [0.1, 0.15) is 48.2 Å². The molecule has 0 saturated carbocycles. The number of nitrogens with zero attached hydrogens (tertiary/aromatic N) is 2. The van der Waals surface area contributed by atoms with Gasteiger partial charge in [0.2, 0.25) is 0 Å². The van der Waals surface area contributed by atoms with Crippen molar-refractivity contribution in [3.63, 3.8) is 0 Å². The fourth-order valence-electron chi connectivity index (χ4n) is 4.45. The number of rotatable bonds is 9. The van der Waals surface area contributed by atoms with E-state index < -0.39 is 0 Å². The van der Waals surface area contributed by atoms with Crippen LogP contribution in [-0.2, 0) is 0 Å². The number of thiophene rings is 1. The Hall–Kier alpha value is -2.79. The Kier molecular flexibility index (Phi) is 8.17. The molecule has 2 aromatic carbocycles. The van der Waals surface area contributed by atoms with Crippen molar-refractivity contribution in [1.29, 1.82) is 0 Å². The highest BCUT2D eigenvalue weighted by Gasteiger charge is 2.33. The first kappa shape index (κ1) is 25.3. The Bertz CT molecular complexity index is 1290. The maximum absolute atomic E-state index is 6.31. The van der Waals surface area contributed by atoms with Gasteiger partial charge in [-0.2, -0.15) is 5.10 Å². The highest BCUT2D eigenvalue weighted by molar-refractivity contribution is 7.16. The van der Waals surface area contributed by atoms with Crippen LogP contribution in [0.3, 0.4) is 0 Å². The molecule has 1 aliphatic rings. The minimum Gasteiger partial charge on any atom is -0.388 e. The normalized spacial score (nSPS) is 16.1. The van der Waals surface area contributed by atoms with E-state index in [1.54, 1.807) is 11.3 Å². The number of hydrazone groups is 1. The molecule has 4 rings (SSSR count). The summed E-state index contributed by atoms with van der Waals surface area (Å²) < 4.78 is 0.777. The number of nitrogens with one attached hydrogen (secondary N) is 1. The van der Waals surface area contributed by atoms with Gasteiger partial charge in [-0.1, -0.05) is 86.1 Å². The lowest BCUT2D eigenvalue weighted by Gasteiger charge is -2.24. The number of allylic oxidation sites excluding steroid dienone is 3. The third kappa shape index (κ3) is 5.40. The van der Waals surface area contributed by atoms with Gasteiger partial charge in [-0.15, -0.1) is 11.3 Å². The maximum atomic E-state index is 6.31. The second kappa shape index (κ2) is 11.3. The van der Waals surface area contributed by atoms with E-state index >= 15 is 0 Å². The van der Waals surface area contributed by atoms with Crippen LogP contribution in [0, 0.1) is 0 Å². The average molecular weight is 523 g/mol. The van der Waals surface area contributed by atoms with Crippen LogP contribution in [0.2, 0.25) is 9.36 Å². The van der Waals surface area contributed by atoms with Gasteiger partial charge in [0.1, 0.15) is 0 Å². The SMILES string of the molecule is C=C/C(C1=NN(C(=C)CCC)C(c2ccc(Cl)s2)C1)=C(/c1ccc(Cl)cc1)c1ccccc1NC. The first-order chi connectivity index (χ1) is 17.0. The molecule has 3 aromatic rings. The van der Waals surface area contributed by atoms with E-state index in [1.807, 2.05) is 49.5 Å². The van der Waals surface area contributed by atoms with Gasteiger partial charge in [-0.25, -0.2) is 0 Å². The highest BCUT2D eigenvalue weighted by atomic mass is 35.5. The van der Waals surface area contributed by atoms with Gasteiger partial charge in [0, 0.05) is 51.5 Å². The first-order valence-corrected chi connectivity index (χ1v) is 13.2. The summed E-state index contributed by atoms with van der Waals surface area (Å²) in [5.74, 6) is 0. The molecule has 0 aliphatic carbocycles. The van der Waals surface area contributed by atoms with Crippen LogP contribution < -0.4 is 5.32 Å². The quantitative estimate of drug-likeness (QED) is 0.284. The van der Waals surface area contributed by atoms with E-state index in [0.29, 0.717) is 5.02 Å². The second-order valence-electron chi connectivity index (χ2n) is 8.36. The standard InChI is InChI=1S/C29H29Cl2N3S/c1-5-9-19(3)34-26(27-16-17-28(31)35-27)18-25(33-34)22(6-2)29(20-12-14-21(30)15-13-20)23-10-7-8-11-24(23)32-4/h6-8,10-17,26,32H,2-3,5,9,18H2,1,4H3/b29-22+. The Morgan fingerprint density at radius 1 is 1.14 bits per heavy atom. The van der Waals surface area contributed by atoms with Crippen LogP contribution in [0.15, 0.2) is 96.3 Å². The number of anilines is 1. The largest absolute Gasteiger partial charge is 0.388 e. The molecule has 1 aliphatic heterocycles. The Morgan fingerprint density at radius 3 is 2.51 bits per heavy atom. The van der Waals surface area contributed by atoms with Gasteiger partial charge in [0.15, 0.2) is 0 Å². The summed E-state index contributed by atoms with van der Waals surface area (Å²) in [6.07, 6.45) is 4.54. The lowest BCUT2D eigenvalue weighted by atomic mass is 9.88. The Labute approximate surface area is 222 Å². The van der Waals surface area contributed by atoms with Crippen molar-refractivity contribution in [2.45, 2.75) is 32.2 Å². The molecule has 35 heavy (non-hydrogen) atoms. The van der Waals surface area contributed by atoms with Crippen molar-refractivity contribution in [3.8, 4) is 0 Å². The van der Waals surface area contributed by atoms with Gasteiger partial charge >= 0.3 is 0 Å². The van der Waals surface area contributed by atoms with Crippen LogP contribution in [0.5, 0.6) is 0 Å². The molecule has 0 spiro atoms. The predicted octanol–water partition coefficient (Wildman–Crippen LogP) is 9.20. The van der Waals surface area contributed by atoms with Crippen LogP contribution in [-0.4, -0.2) is 17.8 Å². The van der Waals surface area contributed by atoms with E-state index in [9.17, 15) is 0 Å².